The molecule has 27 heavy (non-hydrogen) atoms. The predicted octanol–water partition coefficient (Wildman–Crippen LogP) is 1.79. The Morgan fingerprint density at radius 2 is 1.93 bits per heavy atom. The van der Waals surface area contributed by atoms with Crippen LogP contribution >= 0.6 is 0 Å². The van der Waals surface area contributed by atoms with Crippen molar-refractivity contribution in [1.82, 2.24) is 5.43 Å². The van der Waals surface area contributed by atoms with Gasteiger partial charge < -0.3 is 15.2 Å². The maximum Gasteiger partial charge on any atom is 0.329 e. The van der Waals surface area contributed by atoms with Gasteiger partial charge >= 0.3 is 11.8 Å². The van der Waals surface area contributed by atoms with E-state index in [4.69, 9.17) is 4.74 Å². The Balaban J connectivity index is 1.94. The molecule has 140 valence electrons. The van der Waals surface area contributed by atoms with Crippen LogP contribution in [0.15, 0.2) is 47.6 Å². The number of hydrazone groups is 1. The number of benzene rings is 2. The quantitative estimate of drug-likeness (QED) is 0.305. The minimum Gasteiger partial charge on any atom is -0.507 e. The van der Waals surface area contributed by atoms with E-state index in [-0.39, 0.29) is 17.0 Å². The molecular weight excluding hydrogens is 356 g/mol. The minimum atomic E-state index is -1.05. The van der Waals surface area contributed by atoms with Crippen LogP contribution in [0.4, 0.5) is 11.4 Å². The number of hydrogen-bond acceptors (Lipinski definition) is 7. The first-order chi connectivity index (χ1) is 12.9. The third-order valence-electron chi connectivity index (χ3n) is 3.22. The number of ether oxygens (including phenoxy) is 1. The van der Waals surface area contributed by atoms with Gasteiger partial charge in [0.15, 0.2) is 0 Å². The van der Waals surface area contributed by atoms with E-state index in [1.165, 1.54) is 0 Å². The lowest BCUT2D eigenvalue weighted by Gasteiger charge is -2.06. The normalized spacial score (nSPS) is 10.4. The van der Waals surface area contributed by atoms with Gasteiger partial charge in [0.25, 0.3) is 5.69 Å². The number of nitro groups is 1. The van der Waals surface area contributed by atoms with Crippen LogP contribution < -0.4 is 15.5 Å². The molecule has 0 bridgehead atoms. The van der Waals surface area contributed by atoms with Gasteiger partial charge in [-0.3, -0.25) is 19.7 Å². The Bertz CT molecular complexity index is 879. The third-order valence-corrected chi connectivity index (χ3v) is 3.22. The van der Waals surface area contributed by atoms with Crippen molar-refractivity contribution < 1.29 is 24.4 Å². The maximum absolute atomic E-state index is 11.8. The molecule has 0 aliphatic rings. The highest BCUT2D eigenvalue weighted by Gasteiger charge is 2.13. The lowest BCUT2D eigenvalue weighted by Crippen LogP contribution is -2.32. The van der Waals surface area contributed by atoms with Crippen LogP contribution in [-0.2, 0) is 9.59 Å². The molecule has 2 aromatic carbocycles. The zero-order chi connectivity index (χ0) is 19.8. The van der Waals surface area contributed by atoms with Gasteiger partial charge in [-0.2, -0.15) is 5.10 Å². The smallest absolute Gasteiger partial charge is 0.329 e. The summed E-state index contributed by atoms with van der Waals surface area (Å²) in [6.45, 7) is 2.35. The molecule has 0 radical (unpaired) electrons. The number of anilines is 1. The monoisotopic (exact) mass is 372 g/mol. The summed E-state index contributed by atoms with van der Waals surface area (Å²) in [5, 5.41) is 26.2. The Morgan fingerprint density at radius 1 is 1.22 bits per heavy atom. The Kier molecular flexibility index (Phi) is 6.42. The van der Waals surface area contributed by atoms with E-state index in [2.05, 4.69) is 10.4 Å². The second-order valence-electron chi connectivity index (χ2n) is 5.11. The molecule has 10 nitrogen and oxygen atoms in total. The fraction of sp³-hybridized carbons (Fsp3) is 0.118. The van der Waals surface area contributed by atoms with E-state index in [0.29, 0.717) is 18.0 Å². The molecule has 0 aliphatic carbocycles. The third kappa shape index (κ3) is 5.53. The topological polar surface area (TPSA) is 143 Å². The molecule has 0 atom stereocenters. The summed E-state index contributed by atoms with van der Waals surface area (Å²) in [5.41, 5.74) is 2.11. The summed E-state index contributed by atoms with van der Waals surface area (Å²) >= 11 is 0. The number of nitrogens with zero attached hydrogens (tertiary/aromatic N) is 2. The van der Waals surface area contributed by atoms with Crippen LogP contribution in [0.5, 0.6) is 11.5 Å². The molecule has 3 N–H and O–H groups in total. The molecule has 0 saturated carbocycles. The molecule has 0 saturated heterocycles. The first-order valence-electron chi connectivity index (χ1n) is 7.75. The van der Waals surface area contributed by atoms with E-state index in [1.54, 1.807) is 24.3 Å². The molecular formula is C17H16N4O6. The Labute approximate surface area is 153 Å². The van der Waals surface area contributed by atoms with Crippen molar-refractivity contribution in [3.63, 3.8) is 0 Å². The number of phenolic OH excluding ortho intramolecular Hbond substituents is 1. The number of hydrogen-bond donors (Lipinski definition) is 3. The summed E-state index contributed by atoms with van der Waals surface area (Å²) in [6, 6.07) is 9.74. The lowest BCUT2D eigenvalue weighted by molar-refractivity contribution is -0.384. The first-order valence-corrected chi connectivity index (χ1v) is 7.75. The van der Waals surface area contributed by atoms with Gasteiger partial charge in [-0.25, -0.2) is 5.43 Å². The highest BCUT2D eigenvalue weighted by atomic mass is 16.6. The van der Waals surface area contributed by atoms with E-state index in [0.717, 1.165) is 24.4 Å². The van der Waals surface area contributed by atoms with Crippen molar-refractivity contribution >= 4 is 29.4 Å². The van der Waals surface area contributed by atoms with Crippen LogP contribution in [0.1, 0.15) is 12.5 Å². The van der Waals surface area contributed by atoms with Crippen LogP contribution in [-0.4, -0.2) is 34.7 Å². The summed E-state index contributed by atoms with van der Waals surface area (Å²) in [7, 11) is 0. The van der Waals surface area contributed by atoms with Gasteiger partial charge in [-0.1, -0.05) is 0 Å². The van der Waals surface area contributed by atoms with E-state index >= 15 is 0 Å². The number of amides is 2. The van der Waals surface area contributed by atoms with Crippen LogP contribution in [0.2, 0.25) is 0 Å². The zero-order valence-electron chi connectivity index (χ0n) is 14.2. The summed E-state index contributed by atoms with van der Waals surface area (Å²) in [5.74, 6) is -1.65. The largest absolute Gasteiger partial charge is 0.507 e. The minimum absolute atomic E-state index is 0.0106. The highest BCUT2D eigenvalue weighted by Crippen LogP contribution is 2.21. The second-order valence-corrected chi connectivity index (χ2v) is 5.11. The van der Waals surface area contributed by atoms with Crippen molar-refractivity contribution in [2.75, 3.05) is 11.9 Å². The van der Waals surface area contributed by atoms with Crippen molar-refractivity contribution in [1.29, 1.82) is 0 Å². The highest BCUT2D eigenvalue weighted by molar-refractivity contribution is 6.39. The maximum atomic E-state index is 11.8. The molecule has 10 heteroatoms. The molecule has 2 amide bonds. The van der Waals surface area contributed by atoms with Gasteiger partial charge in [0.1, 0.15) is 11.5 Å². The van der Waals surface area contributed by atoms with Gasteiger partial charge in [0.05, 0.1) is 17.7 Å². The molecule has 0 aromatic heterocycles. The van der Waals surface area contributed by atoms with Crippen molar-refractivity contribution in [3.05, 3.63) is 58.1 Å². The lowest BCUT2D eigenvalue weighted by atomic mass is 10.2. The molecule has 0 unspecified atom stereocenters. The SMILES string of the molecule is CCOc1ccc(NC(=O)C(=O)N/N=C\c2cc([N+](=O)[O-])ccc2O)cc1. The van der Waals surface area contributed by atoms with Gasteiger partial charge in [-0.15, -0.1) is 0 Å². The van der Waals surface area contributed by atoms with Gasteiger partial charge in [0, 0.05) is 23.4 Å². The van der Waals surface area contributed by atoms with E-state index in [9.17, 15) is 24.8 Å². The zero-order valence-corrected chi connectivity index (χ0v) is 14.2. The molecule has 0 aliphatic heterocycles. The number of carbonyl (C=O) groups is 2. The number of aromatic hydroxyl groups is 1. The fourth-order valence-electron chi connectivity index (χ4n) is 1.96. The number of phenols is 1. The number of nitrogens with one attached hydrogen (secondary N) is 2. The summed E-state index contributed by atoms with van der Waals surface area (Å²) in [4.78, 5) is 33.6. The van der Waals surface area contributed by atoms with Crippen LogP contribution in [0.25, 0.3) is 0 Å². The van der Waals surface area contributed by atoms with Crippen LogP contribution in [0.3, 0.4) is 0 Å². The number of carbonyl (C=O) groups excluding carboxylic acids is 2. The molecule has 2 aromatic rings. The molecule has 0 spiro atoms. The first kappa shape index (κ1) is 19.4. The van der Waals surface area contributed by atoms with Gasteiger partial charge in [0.2, 0.25) is 0 Å². The van der Waals surface area contributed by atoms with Gasteiger partial charge in [-0.05, 0) is 37.3 Å². The molecule has 2 rings (SSSR count). The summed E-state index contributed by atoms with van der Waals surface area (Å²) in [6.07, 6.45) is 0.990. The number of non-ortho nitro benzene ring substituents is 1. The van der Waals surface area contributed by atoms with Crippen molar-refractivity contribution in [3.8, 4) is 11.5 Å². The Morgan fingerprint density at radius 3 is 2.56 bits per heavy atom. The number of rotatable bonds is 6. The van der Waals surface area contributed by atoms with E-state index in [1.807, 2.05) is 12.3 Å². The standard InChI is InChI=1S/C17H16N4O6/c1-2-27-14-6-3-12(4-7-14)19-16(23)17(24)20-18-10-11-9-13(21(25)26)5-8-15(11)22/h3-10,22H,2H2,1H3,(H,19,23)(H,20,24)/b18-10-. The van der Waals surface area contributed by atoms with Crippen molar-refractivity contribution in [2.45, 2.75) is 6.92 Å². The average Bonchev–Trinajstić information content (AvgIpc) is 2.64. The molecule has 0 heterocycles. The van der Waals surface area contributed by atoms with E-state index < -0.39 is 16.7 Å². The number of nitro benzene ring substituents is 1. The summed E-state index contributed by atoms with van der Waals surface area (Å²) < 4.78 is 5.27. The molecule has 0 fully saturated rings. The second kappa shape index (κ2) is 8.94. The van der Waals surface area contributed by atoms with Crippen LogP contribution in [0, 0.1) is 10.1 Å². The predicted molar refractivity (Wildman–Crippen MR) is 96.7 cm³/mol. The van der Waals surface area contributed by atoms with Crippen molar-refractivity contribution in [2.24, 2.45) is 5.10 Å². The Hall–Kier alpha value is -3.95. The average molecular weight is 372 g/mol. The fourth-order valence-corrected chi connectivity index (χ4v) is 1.96.